The van der Waals surface area contributed by atoms with Gasteiger partial charge in [0.2, 0.25) is 0 Å². The molecule has 0 radical (unpaired) electrons. The molecule has 0 aliphatic carbocycles. The lowest BCUT2D eigenvalue weighted by Gasteiger charge is -2.23. The van der Waals surface area contributed by atoms with Crippen LogP contribution in [0.1, 0.15) is 22.7 Å². The van der Waals surface area contributed by atoms with E-state index in [0.717, 1.165) is 11.6 Å². The fraction of sp³-hybridized carbons (Fsp3) is 0.250. The Hall–Kier alpha value is -1.56. The van der Waals surface area contributed by atoms with Gasteiger partial charge in [-0.25, -0.2) is 0 Å². The molecule has 6 heteroatoms. The lowest BCUT2D eigenvalue weighted by atomic mass is 9.93. The van der Waals surface area contributed by atoms with Gasteiger partial charge in [-0.05, 0) is 23.3 Å². The van der Waals surface area contributed by atoms with E-state index in [2.05, 4.69) is 0 Å². The van der Waals surface area contributed by atoms with Crippen molar-refractivity contribution in [1.82, 2.24) is 0 Å². The van der Waals surface area contributed by atoms with Crippen LogP contribution in [-0.2, 0) is 12.6 Å². The number of aliphatic hydroxyl groups excluding tert-OH is 1. The largest absolute Gasteiger partial charge is 0.416 e. The third-order valence-corrected chi connectivity index (χ3v) is 3.62. The molecule has 0 saturated heterocycles. The van der Waals surface area contributed by atoms with Crippen molar-refractivity contribution >= 4 is 11.6 Å². The van der Waals surface area contributed by atoms with Gasteiger partial charge in [0.25, 0.3) is 0 Å². The fourth-order valence-corrected chi connectivity index (χ4v) is 2.43. The molecule has 0 unspecified atom stereocenters. The van der Waals surface area contributed by atoms with Crippen LogP contribution in [0.3, 0.4) is 0 Å². The Labute approximate surface area is 131 Å². The maximum Gasteiger partial charge on any atom is 0.416 e. The van der Waals surface area contributed by atoms with Crippen molar-refractivity contribution in [2.24, 2.45) is 5.73 Å². The molecule has 0 fully saturated rings. The maximum atomic E-state index is 13.1. The first-order valence-corrected chi connectivity index (χ1v) is 7.01. The number of hydrogen-bond donors (Lipinski definition) is 2. The number of rotatable bonds is 4. The SMILES string of the molecule is N[C@H](c1ccc(Cl)cc1C(F)(F)F)[C@@H](O)Cc1ccccc1. The average Bonchev–Trinajstić information content (AvgIpc) is 2.46. The highest BCUT2D eigenvalue weighted by molar-refractivity contribution is 6.30. The smallest absolute Gasteiger partial charge is 0.391 e. The minimum absolute atomic E-state index is 0.0270. The van der Waals surface area contributed by atoms with Gasteiger partial charge in [-0.15, -0.1) is 0 Å². The highest BCUT2D eigenvalue weighted by Crippen LogP contribution is 2.36. The minimum Gasteiger partial charge on any atom is -0.391 e. The fourth-order valence-electron chi connectivity index (χ4n) is 2.25. The summed E-state index contributed by atoms with van der Waals surface area (Å²) in [6, 6.07) is 11.2. The Morgan fingerprint density at radius 1 is 1.09 bits per heavy atom. The monoisotopic (exact) mass is 329 g/mol. The molecule has 2 aromatic rings. The second kappa shape index (κ2) is 6.69. The van der Waals surface area contributed by atoms with Crippen molar-refractivity contribution in [3.8, 4) is 0 Å². The molecular formula is C16H15ClF3NO. The topological polar surface area (TPSA) is 46.2 Å². The van der Waals surface area contributed by atoms with Crippen LogP contribution in [0.5, 0.6) is 0 Å². The molecular weight excluding hydrogens is 315 g/mol. The van der Waals surface area contributed by atoms with Gasteiger partial charge < -0.3 is 10.8 Å². The van der Waals surface area contributed by atoms with E-state index in [1.165, 1.54) is 12.1 Å². The molecule has 2 atom stereocenters. The standard InChI is InChI=1S/C16H15ClF3NO/c17-11-6-7-12(13(9-11)16(18,19)20)15(21)14(22)8-10-4-2-1-3-5-10/h1-7,9,14-15,22H,8,21H2/t14-,15+/m0/s1. The van der Waals surface area contributed by atoms with Crippen LogP contribution >= 0.6 is 11.6 Å². The maximum absolute atomic E-state index is 13.1. The van der Waals surface area contributed by atoms with Crippen molar-refractivity contribution in [2.75, 3.05) is 0 Å². The molecule has 0 heterocycles. The van der Waals surface area contributed by atoms with Crippen LogP contribution in [0.15, 0.2) is 48.5 Å². The van der Waals surface area contributed by atoms with Crippen LogP contribution in [0.4, 0.5) is 13.2 Å². The van der Waals surface area contributed by atoms with Gasteiger partial charge in [0, 0.05) is 11.4 Å². The molecule has 22 heavy (non-hydrogen) atoms. The number of nitrogens with two attached hydrogens (primary N) is 1. The quantitative estimate of drug-likeness (QED) is 0.891. The van der Waals surface area contributed by atoms with Gasteiger partial charge in [-0.3, -0.25) is 0 Å². The van der Waals surface area contributed by atoms with E-state index >= 15 is 0 Å². The molecule has 0 saturated carbocycles. The lowest BCUT2D eigenvalue weighted by molar-refractivity contribution is -0.138. The van der Waals surface area contributed by atoms with E-state index in [0.29, 0.717) is 0 Å². The number of aliphatic hydroxyl groups is 1. The Morgan fingerprint density at radius 2 is 1.73 bits per heavy atom. The summed E-state index contributed by atoms with van der Waals surface area (Å²) in [5.74, 6) is 0. The molecule has 0 bridgehead atoms. The Balaban J connectivity index is 2.27. The second-order valence-electron chi connectivity index (χ2n) is 5.01. The highest BCUT2D eigenvalue weighted by Gasteiger charge is 2.36. The van der Waals surface area contributed by atoms with Crippen LogP contribution in [0, 0.1) is 0 Å². The normalized spacial score (nSPS) is 14.6. The zero-order chi connectivity index (χ0) is 16.3. The van der Waals surface area contributed by atoms with Gasteiger partial charge >= 0.3 is 6.18 Å². The summed E-state index contributed by atoms with van der Waals surface area (Å²) in [5.41, 5.74) is 5.56. The summed E-state index contributed by atoms with van der Waals surface area (Å²) in [7, 11) is 0. The Bertz CT molecular complexity index is 631. The molecule has 0 amide bonds. The third-order valence-electron chi connectivity index (χ3n) is 3.38. The highest BCUT2D eigenvalue weighted by atomic mass is 35.5. The van der Waals surface area contributed by atoms with E-state index in [9.17, 15) is 18.3 Å². The molecule has 118 valence electrons. The summed E-state index contributed by atoms with van der Waals surface area (Å²) in [6.45, 7) is 0. The zero-order valence-corrected chi connectivity index (χ0v) is 12.3. The third kappa shape index (κ3) is 4.00. The van der Waals surface area contributed by atoms with Crippen molar-refractivity contribution in [3.05, 3.63) is 70.2 Å². The van der Waals surface area contributed by atoms with Gasteiger partial charge in [-0.1, -0.05) is 48.0 Å². The second-order valence-corrected chi connectivity index (χ2v) is 5.45. The van der Waals surface area contributed by atoms with Gasteiger partial charge in [0.15, 0.2) is 0 Å². The summed E-state index contributed by atoms with van der Waals surface area (Å²) < 4.78 is 39.2. The predicted molar refractivity (Wildman–Crippen MR) is 79.5 cm³/mol. The van der Waals surface area contributed by atoms with Crippen molar-refractivity contribution in [3.63, 3.8) is 0 Å². The summed E-state index contributed by atoms with van der Waals surface area (Å²) in [4.78, 5) is 0. The van der Waals surface area contributed by atoms with Crippen LogP contribution in [0.2, 0.25) is 5.02 Å². The van der Waals surface area contributed by atoms with E-state index in [1.54, 1.807) is 24.3 Å². The average molecular weight is 330 g/mol. The van der Waals surface area contributed by atoms with Crippen molar-refractivity contribution < 1.29 is 18.3 Å². The lowest BCUT2D eigenvalue weighted by Crippen LogP contribution is -2.30. The first-order chi connectivity index (χ1) is 10.3. The van der Waals surface area contributed by atoms with Crippen molar-refractivity contribution in [1.29, 1.82) is 0 Å². The molecule has 0 aliphatic rings. The summed E-state index contributed by atoms with van der Waals surface area (Å²) >= 11 is 5.63. The van der Waals surface area contributed by atoms with Crippen LogP contribution in [0.25, 0.3) is 0 Å². The number of hydrogen-bond acceptors (Lipinski definition) is 2. The number of halogens is 4. The number of alkyl halides is 3. The molecule has 2 aromatic carbocycles. The Morgan fingerprint density at radius 3 is 2.32 bits per heavy atom. The number of benzene rings is 2. The molecule has 2 rings (SSSR count). The predicted octanol–water partition coefficient (Wildman–Crippen LogP) is 3.96. The van der Waals surface area contributed by atoms with E-state index < -0.39 is 23.9 Å². The first-order valence-electron chi connectivity index (χ1n) is 6.63. The molecule has 0 aliphatic heterocycles. The first kappa shape index (κ1) is 16.8. The van der Waals surface area contributed by atoms with Gasteiger partial charge in [0.1, 0.15) is 0 Å². The van der Waals surface area contributed by atoms with Gasteiger partial charge in [-0.2, -0.15) is 13.2 Å². The molecule has 2 nitrogen and oxygen atoms in total. The van der Waals surface area contributed by atoms with Crippen LogP contribution in [-0.4, -0.2) is 11.2 Å². The zero-order valence-electron chi connectivity index (χ0n) is 11.5. The molecule has 0 aromatic heterocycles. The van der Waals surface area contributed by atoms with Gasteiger partial charge in [0.05, 0.1) is 17.7 Å². The van der Waals surface area contributed by atoms with Crippen molar-refractivity contribution in [2.45, 2.75) is 24.7 Å². The molecule has 3 N–H and O–H groups in total. The van der Waals surface area contributed by atoms with E-state index in [1.807, 2.05) is 6.07 Å². The summed E-state index contributed by atoms with van der Waals surface area (Å²) in [6.07, 6.45) is -5.55. The van der Waals surface area contributed by atoms with E-state index in [4.69, 9.17) is 17.3 Å². The minimum atomic E-state index is -4.58. The van der Waals surface area contributed by atoms with E-state index in [-0.39, 0.29) is 17.0 Å². The summed E-state index contributed by atoms with van der Waals surface area (Å²) in [5, 5.41) is 10.1. The Kier molecular flexibility index (Phi) is 5.11. The van der Waals surface area contributed by atoms with Crippen LogP contribution < -0.4 is 5.73 Å². The molecule has 0 spiro atoms.